The van der Waals surface area contributed by atoms with Crippen molar-refractivity contribution in [2.24, 2.45) is 0 Å². The lowest BCUT2D eigenvalue weighted by atomic mass is 10.0. The topological polar surface area (TPSA) is 64.6 Å². The number of hydrogen-bond acceptors (Lipinski definition) is 4. The number of ether oxygens (including phenoxy) is 2. The molecule has 138 valence electrons. The van der Waals surface area contributed by atoms with Crippen LogP contribution in [0.4, 0.5) is 14.5 Å². The molecule has 5 nitrogen and oxygen atoms in total. The van der Waals surface area contributed by atoms with E-state index in [1.807, 2.05) is 6.92 Å². The Labute approximate surface area is 149 Å². The maximum atomic E-state index is 12.2. The number of carbonyl (C=O) groups excluding carboxylic acids is 2. The second-order valence-electron chi connectivity index (χ2n) is 5.70. The second-order valence-corrected chi connectivity index (χ2v) is 5.70. The van der Waals surface area contributed by atoms with E-state index < -0.39 is 12.6 Å². The summed E-state index contributed by atoms with van der Waals surface area (Å²) in [6.45, 7) is 0.743. The molecule has 1 N–H and O–H groups in total. The fourth-order valence-corrected chi connectivity index (χ4v) is 2.43. The van der Waals surface area contributed by atoms with Crippen LogP contribution < -0.4 is 10.1 Å². The number of nitrogens with one attached hydrogen (secondary N) is 1. The number of esters is 1. The molecule has 0 spiro atoms. The molecule has 0 saturated heterocycles. The molecule has 2 aromatic rings. The van der Waals surface area contributed by atoms with Gasteiger partial charge in [0.25, 0.3) is 0 Å². The van der Waals surface area contributed by atoms with Crippen molar-refractivity contribution in [2.45, 2.75) is 26.9 Å². The molecular weight excluding hydrogens is 344 g/mol. The summed E-state index contributed by atoms with van der Waals surface area (Å²) in [5, 5.41) is 2.73. The summed E-state index contributed by atoms with van der Waals surface area (Å²) < 4.78 is 33.3. The van der Waals surface area contributed by atoms with Crippen LogP contribution in [0.2, 0.25) is 0 Å². The first kappa shape index (κ1) is 19.4. The molecule has 0 aliphatic heterocycles. The van der Waals surface area contributed by atoms with Gasteiger partial charge in [-0.25, -0.2) is 4.79 Å². The maximum absolute atomic E-state index is 12.2. The van der Waals surface area contributed by atoms with E-state index in [-0.39, 0.29) is 18.1 Å². The molecule has 1 amide bonds. The Balaban J connectivity index is 2.08. The van der Waals surface area contributed by atoms with Crippen LogP contribution in [0, 0.1) is 13.8 Å². The third-order valence-electron chi connectivity index (χ3n) is 3.87. The highest BCUT2D eigenvalue weighted by Gasteiger charge is 2.14. The first-order chi connectivity index (χ1) is 12.3. The van der Waals surface area contributed by atoms with Crippen LogP contribution >= 0.6 is 0 Å². The molecule has 0 heterocycles. The number of methoxy groups -OCH3 is 1. The molecule has 0 saturated carbocycles. The van der Waals surface area contributed by atoms with Gasteiger partial charge in [0.05, 0.1) is 19.1 Å². The van der Waals surface area contributed by atoms with Crippen LogP contribution in [-0.2, 0) is 16.0 Å². The monoisotopic (exact) mass is 363 g/mol. The Morgan fingerprint density at radius 1 is 1.12 bits per heavy atom. The average Bonchev–Trinajstić information content (AvgIpc) is 2.58. The lowest BCUT2D eigenvalue weighted by Gasteiger charge is -2.12. The second kappa shape index (κ2) is 8.42. The first-order valence-electron chi connectivity index (χ1n) is 7.83. The highest BCUT2D eigenvalue weighted by Crippen LogP contribution is 2.21. The van der Waals surface area contributed by atoms with E-state index in [4.69, 9.17) is 4.74 Å². The Morgan fingerprint density at radius 3 is 2.35 bits per heavy atom. The lowest BCUT2D eigenvalue weighted by molar-refractivity contribution is -0.115. The zero-order valence-corrected chi connectivity index (χ0v) is 14.6. The number of hydrogen-bond donors (Lipinski definition) is 1. The van der Waals surface area contributed by atoms with Crippen molar-refractivity contribution in [3.05, 3.63) is 58.7 Å². The van der Waals surface area contributed by atoms with E-state index in [2.05, 4.69) is 10.1 Å². The van der Waals surface area contributed by atoms with E-state index in [9.17, 15) is 18.4 Å². The Bertz CT molecular complexity index is 804. The number of carbonyl (C=O) groups is 2. The predicted molar refractivity (Wildman–Crippen MR) is 92.7 cm³/mol. The van der Waals surface area contributed by atoms with Crippen molar-refractivity contribution < 1.29 is 27.8 Å². The molecule has 7 heteroatoms. The van der Waals surface area contributed by atoms with Gasteiger partial charge in [0.15, 0.2) is 0 Å². The van der Waals surface area contributed by atoms with Gasteiger partial charge in [0.2, 0.25) is 5.91 Å². The third kappa shape index (κ3) is 5.02. The Kier molecular flexibility index (Phi) is 6.27. The Morgan fingerprint density at radius 2 is 1.77 bits per heavy atom. The van der Waals surface area contributed by atoms with Crippen molar-refractivity contribution in [3.63, 3.8) is 0 Å². The predicted octanol–water partition coefficient (Wildman–Crippen LogP) is 3.87. The van der Waals surface area contributed by atoms with Gasteiger partial charge >= 0.3 is 12.6 Å². The zero-order valence-electron chi connectivity index (χ0n) is 14.6. The molecule has 0 aliphatic carbocycles. The first-order valence-corrected chi connectivity index (χ1v) is 7.83. The van der Waals surface area contributed by atoms with Gasteiger partial charge in [-0.2, -0.15) is 8.78 Å². The number of aryl methyl sites for hydroxylation is 1. The molecule has 0 aliphatic rings. The van der Waals surface area contributed by atoms with Crippen molar-refractivity contribution in [3.8, 4) is 5.75 Å². The smallest absolute Gasteiger partial charge is 0.387 e. The quantitative estimate of drug-likeness (QED) is 0.792. The molecule has 2 aromatic carbocycles. The van der Waals surface area contributed by atoms with E-state index in [1.54, 1.807) is 19.1 Å². The van der Waals surface area contributed by atoms with Crippen molar-refractivity contribution >= 4 is 17.6 Å². The molecule has 2 rings (SSSR count). The van der Waals surface area contributed by atoms with Gasteiger partial charge in [0, 0.05) is 5.69 Å². The minimum atomic E-state index is -2.89. The van der Waals surface area contributed by atoms with Gasteiger partial charge < -0.3 is 14.8 Å². The maximum Gasteiger partial charge on any atom is 0.387 e. The number of anilines is 1. The largest absolute Gasteiger partial charge is 0.465 e. The highest BCUT2D eigenvalue weighted by atomic mass is 19.3. The summed E-state index contributed by atoms with van der Waals surface area (Å²) in [5.41, 5.74) is 3.13. The van der Waals surface area contributed by atoms with Crippen LogP contribution in [0.3, 0.4) is 0 Å². The normalized spacial score (nSPS) is 10.5. The van der Waals surface area contributed by atoms with Gasteiger partial charge in [-0.15, -0.1) is 0 Å². The van der Waals surface area contributed by atoms with E-state index >= 15 is 0 Å². The number of rotatable bonds is 6. The number of halogens is 2. The molecule has 26 heavy (non-hydrogen) atoms. The molecule has 0 radical (unpaired) electrons. The Hall–Kier alpha value is -2.96. The van der Waals surface area contributed by atoms with Crippen LogP contribution in [0.15, 0.2) is 36.4 Å². The molecule has 0 unspecified atom stereocenters. The summed E-state index contributed by atoms with van der Waals surface area (Å²) in [5.74, 6) is -0.746. The van der Waals surface area contributed by atoms with Crippen LogP contribution in [0.5, 0.6) is 5.75 Å². The van der Waals surface area contributed by atoms with Gasteiger partial charge in [-0.1, -0.05) is 12.1 Å². The summed E-state index contributed by atoms with van der Waals surface area (Å²) in [7, 11) is 1.30. The molecule has 0 bridgehead atoms. The standard InChI is InChI=1S/C19H19F2NO4/c1-11-8-14(10-16(12(11)2)18(24)25-3)22-17(23)9-13-4-6-15(7-5-13)26-19(20)21/h4-8,10,19H,9H2,1-3H3,(H,22,23). The zero-order chi connectivity index (χ0) is 19.3. The van der Waals surface area contributed by atoms with Crippen LogP contribution in [0.1, 0.15) is 27.0 Å². The van der Waals surface area contributed by atoms with E-state index in [0.29, 0.717) is 16.8 Å². The summed E-state index contributed by atoms with van der Waals surface area (Å²) in [4.78, 5) is 24.0. The van der Waals surface area contributed by atoms with Crippen molar-refractivity contribution in [1.82, 2.24) is 0 Å². The van der Waals surface area contributed by atoms with Crippen molar-refractivity contribution in [2.75, 3.05) is 12.4 Å². The average molecular weight is 363 g/mol. The number of amides is 1. The van der Waals surface area contributed by atoms with E-state index in [1.165, 1.54) is 31.4 Å². The molecule has 0 atom stereocenters. The van der Waals surface area contributed by atoms with Crippen molar-refractivity contribution in [1.29, 1.82) is 0 Å². The van der Waals surface area contributed by atoms with Gasteiger partial charge in [-0.3, -0.25) is 4.79 Å². The van der Waals surface area contributed by atoms with E-state index in [0.717, 1.165) is 11.1 Å². The lowest BCUT2D eigenvalue weighted by Crippen LogP contribution is -2.15. The molecule has 0 aromatic heterocycles. The minimum absolute atomic E-state index is 0.0287. The fourth-order valence-electron chi connectivity index (χ4n) is 2.43. The highest BCUT2D eigenvalue weighted by molar-refractivity contribution is 5.96. The molecular formula is C19H19F2NO4. The summed E-state index contributed by atoms with van der Waals surface area (Å²) in [6.07, 6.45) is 0.0510. The molecule has 0 fully saturated rings. The fraction of sp³-hybridized carbons (Fsp3) is 0.263. The van der Waals surface area contributed by atoms with Crippen LogP contribution in [-0.4, -0.2) is 25.6 Å². The third-order valence-corrected chi connectivity index (χ3v) is 3.87. The summed E-state index contributed by atoms with van der Waals surface area (Å²) in [6, 6.07) is 9.15. The van der Waals surface area contributed by atoms with Gasteiger partial charge in [-0.05, 0) is 54.8 Å². The minimum Gasteiger partial charge on any atom is -0.465 e. The number of benzene rings is 2. The summed E-state index contributed by atoms with van der Waals surface area (Å²) >= 11 is 0. The number of alkyl halides is 2. The van der Waals surface area contributed by atoms with Gasteiger partial charge in [0.1, 0.15) is 5.75 Å². The van der Waals surface area contributed by atoms with Crippen LogP contribution in [0.25, 0.3) is 0 Å². The SMILES string of the molecule is COC(=O)c1cc(NC(=O)Cc2ccc(OC(F)F)cc2)cc(C)c1C.